The van der Waals surface area contributed by atoms with Crippen molar-refractivity contribution >= 4 is 60.8 Å². The van der Waals surface area contributed by atoms with Crippen LogP contribution in [0.1, 0.15) is 31.7 Å². The summed E-state index contributed by atoms with van der Waals surface area (Å²) in [4.78, 5) is 10.8. The van der Waals surface area contributed by atoms with Gasteiger partial charge in [0.05, 0.1) is 0 Å². The van der Waals surface area contributed by atoms with Gasteiger partial charge in [-0.15, -0.1) is 0 Å². The number of allylic oxidation sites excluding steroid dienone is 2. The van der Waals surface area contributed by atoms with E-state index in [2.05, 4.69) is 111 Å². The van der Waals surface area contributed by atoms with Crippen molar-refractivity contribution in [1.82, 2.24) is 9.97 Å². The third kappa shape index (κ3) is 3.69. The molecule has 198 valence electrons. The fraction of sp³-hybridized carbons (Fsp3) is 0.132. The molecule has 2 unspecified atom stereocenters. The lowest BCUT2D eigenvalue weighted by Crippen LogP contribution is -2.29. The molecule has 0 N–H and O–H groups in total. The van der Waals surface area contributed by atoms with E-state index in [4.69, 9.17) is 9.97 Å². The normalized spacial score (nSPS) is 16.3. The zero-order valence-electron chi connectivity index (χ0n) is 23.3. The van der Waals surface area contributed by atoms with Crippen molar-refractivity contribution in [3.63, 3.8) is 0 Å². The molecule has 8 rings (SSSR count). The van der Waals surface area contributed by atoms with Crippen LogP contribution in [0, 0.1) is 0 Å². The number of fused-ring (bicyclic) bond motifs is 7. The van der Waals surface area contributed by atoms with E-state index >= 15 is 0 Å². The summed E-state index contributed by atoms with van der Waals surface area (Å²) in [6, 6.07) is 22.6. The Kier molecular flexibility index (Phi) is 5.58. The molecule has 2 aromatic heterocycles. The third-order valence-corrected chi connectivity index (χ3v) is 10.7. The maximum Gasteiger partial charge on any atom is 0.0353 e. The Morgan fingerprint density at radius 2 is 1.51 bits per heavy atom. The van der Waals surface area contributed by atoms with Gasteiger partial charge in [-0.05, 0) is 79.0 Å². The van der Waals surface area contributed by atoms with Gasteiger partial charge in [-0.3, -0.25) is 9.97 Å². The average Bonchev–Trinajstić information content (AvgIpc) is 3.25. The summed E-state index contributed by atoms with van der Waals surface area (Å²) in [5, 5.41) is 9.89. The Morgan fingerprint density at radius 3 is 2.34 bits per heavy atom. The summed E-state index contributed by atoms with van der Waals surface area (Å²) >= 11 is 0. The Bertz CT molecular complexity index is 2250. The quantitative estimate of drug-likeness (QED) is 0.208. The van der Waals surface area contributed by atoms with Crippen molar-refractivity contribution in [1.29, 1.82) is 0 Å². The topological polar surface area (TPSA) is 25.8 Å². The lowest BCUT2D eigenvalue weighted by Gasteiger charge is -2.20. The molecule has 2 nitrogen and oxygen atoms in total. The maximum atomic E-state index is 4.75. The monoisotopic (exact) mass is 546 g/mol. The van der Waals surface area contributed by atoms with Gasteiger partial charge in [0, 0.05) is 57.5 Å². The molecule has 0 fully saturated rings. The Morgan fingerprint density at radius 1 is 0.756 bits per heavy atom. The molecule has 4 bridgehead atoms. The molecule has 0 saturated heterocycles. The summed E-state index contributed by atoms with van der Waals surface area (Å²) in [5.74, 6) is 5.86. The fourth-order valence-corrected chi connectivity index (χ4v) is 7.68. The minimum atomic E-state index is -0.0768. The first kappa shape index (κ1) is 24.5. The van der Waals surface area contributed by atoms with Gasteiger partial charge in [-0.25, -0.2) is 0 Å². The minimum Gasteiger partial charge on any atom is -0.263 e. The molecule has 2 aliphatic rings. The van der Waals surface area contributed by atoms with E-state index in [-0.39, 0.29) is 10.5 Å². The van der Waals surface area contributed by atoms with Crippen LogP contribution in [-0.4, -0.2) is 21.6 Å². The highest BCUT2D eigenvalue weighted by Crippen LogP contribution is 2.40. The van der Waals surface area contributed by atoms with Crippen LogP contribution < -0.4 is 10.4 Å². The van der Waals surface area contributed by atoms with Gasteiger partial charge in [0.15, 0.2) is 0 Å². The van der Waals surface area contributed by atoms with E-state index in [0.29, 0.717) is 5.92 Å². The number of nitrogens with zero attached hydrogens (tertiary/aromatic N) is 2. The molecule has 2 aliphatic carbocycles. The molecule has 6 aromatic rings. The van der Waals surface area contributed by atoms with Crippen molar-refractivity contribution in [2.24, 2.45) is 0 Å². The molecule has 4 aromatic carbocycles. The molecule has 0 radical (unpaired) electrons. The number of rotatable bonds is 3. The van der Waals surface area contributed by atoms with E-state index in [1.165, 1.54) is 75.7 Å². The summed E-state index contributed by atoms with van der Waals surface area (Å²) in [6.45, 7) is 4.57. The van der Waals surface area contributed by atoms with Crippen molar-refractivity contribution in [2.45, 2.75) is 31.1 Å². The summed E-state index contributed by atoms with van der Waals surface area (Å²) in [6.07, 6.45) is 16.2. The Labute approximate surface area is 242 Å². The van der Waals surface area contributed by atoms with E-state index in [1.54, 1.807) is 0 Å². The van der Waals surface area contributed by atoms with Crippen molar-refractivity contribution in [3.8, 4) is 22.3 Å². The van der Waals surface area contributed by atoms with Gasteiger partial charge in [0.25, 0.3) is 0 Å². The second-order valence-electron chi connectivity index (χ2n) is 11.2. The zero-order chi connectivity index (χ0) is 27.7. The van der Waals surface area contributed by atoms with Crippen LogP contribution in [0.3, 0.4) is 0 Å². The van der Waals surface area contributed by atoms with Gasteiger partial charge in [0.1, 0.15) is 0 Å². The number of benzene rings is 4. The highest BCUT2D eigenvalue weighted by atomic mass is 32.2. The van der Waals surface area contributed by atoms with Crippen molar-refractivity contribution in [2.75, 3.05) is 5.75 Å². The average molecular weight is 547 g/mol. The standard InChI is InChI=1S/C38H30N2S/c1-4-41(3)28-13-16-32-34(18-28)38(35-21-39-19-26-7-5-6-8-29(26)35)31-15-12-24-11-14-30(31)37(32)36-22-40-20-27-10-9-25(23(24)2)17-33(27)36/h5-10,12-23H,3-4,11H2,1-2H3. The van der Waals surface area contributed by atoms with Crippen LogP contribution in [0.4, 0.5) is 0 Å². The van der Waals surface area contributed by atoms with Crippen LogP contribution >= 0.6 is 10.5 Å². The number of pyridine rings is 2. The molecule has 0 spiro atoms. The first-order valence-electron chi connectivity index (χ1n) is 14.3. The lowest BCUT2D eigenvalue weighted by atomic mass is 9.84. The second kappa shape index (κ2) is 9.36. The smallest absolute Gasteiger partial charge is 0.0353 e. The minimum absolute atomic E-state index is 0.0768. The molecule has 2 heterocycles. The van der Waals surface area contributed by atoms with Crippen molar-refractivity contribution in [3.05, 3.63) is 113 Å². The van der Waals surface area contributed by atoms with E-state index in [1.807, 2.05) is 12.4 Å². The predicted molar refractivity (Wildman–Crippen MR) is 178 cm³/mol. The number of hydrogen-bond acceptors (Lipinski definition) is 2. The molecular weight excluding hydrogens is 516 g/mol. The largest absolute Gasteiger partial charge is 0.263 e. The van der Waals surface area contributed by atoms with Crippen LogP contribution in [0.15, 0.2) is 102 Å². The predicted octanol–water partition coefficient (Wildman–Crippen LogP) is 8.36. The molecule has 0 saturated carbocycles. The highest BCUT2D eigenvalue weighted by Gasteiger charge is 2.22. The van der Waals surface area contributed by atoms with Crippen LogP contribution in [0.5, 0.6) is 0 Å². The number of hydrogen-bond donors (Lipinski definition) is 0. The van der Waals surface area contributed by atoms with Gasteiger partial charge in [0.2, 0.25) is 0 Å². The summed E-state index contributed by atoms with van der Waals surface area (Å²) in [5.41, 5.74) is 7.69. The lowest BCUT2D eigenvalue weighted by molar-refractivity contribution is 0.875. The van der Waals surface area contributed by atoms with Crippen LogP contribution in [-0.2, 0) is 0 Å². The van der Waals surface area contributed by atoms with Gasteiger partial charge in [-0.1, -0.05) is 86.0 Å². The van der Waals surface area contributed by atoms with E-state index in [9.17, 15) is 0 Å². The molecule has 2 atom stereocenters. The molecular formula is C38H30N2S. The Hall–Kier alpha value is -4.34. The summed E-state index contributed by atoms with van der Waals surface area (Å²) < 4.78 is 0. The SMILES string of the molecule is C=S(CC)c1ccc2c3c4c(c(-c5cncc6ccccc56)c2c1)=CC=C(CC=4)C(C)c1ccc2cncc-3c2c1. The molecule has 41 heavy (non-hydrogen) atoms. The molecule has 3 heteroatoms. The fourth-order valence-electron chi connectivity index (χ4n) is 6.80. The van der Waals surface area contributed by atoms with Crippen molar-refractivity contribution < 1.29 is 0 Å². The van der Waals surface area contributed by atoms with Gasteiger partial charge < -0.3 is 0 Å². The zero-order valence-corrected chi connectivity index (χ0v) is 24.1. The molecule has 0 amide bonds. The summed E-state index contributed by atoms with van der Waals surface area (Å²) in [7, 11) is -0.0768. The number of aromatic nitrogens is 2. The van der Waals surface area contributed by atoms with Crippen LogP contribution in [0.2, 0.25) is 0 Å². The van der Waals surface area contributed by atoms with Crippen LogP contribution in [0.25, 0.3) is 66.7 Å². The Balaban J connectivity index is 1.65. The van der Waals surface area contributed by atoms with Gasteiger partial charge >= 0.3 is 0 Å². The van der Waals surface area contributed by atoms with E-state index < -0.39 is 0 Å². The van der Waals surface area contributed by atoms with Gasteiger partial charge in [-0.2, -0.15) is 10.5 Å². The van der Waals surface area contributed by atoms with E-state index in [0.717, 1.165) is 17.6 Å². The highest BCUT2D eigenvalue weighted by molar-refractivity contribution is 8.14. The first-order valence-corrected chi connectivity index (χ1v) is 15.9. The first-order chi connectivity index (χ1) is 20.1. The maximum absolute atomic E-state index is 4.75. The third-order valence-electron chi connectivity index (χ3n) is 9.09. The molecule has 0 aliphatic heterocycles. The second-order valence-corrected chi connectivity index (χ2v) is 13.2.